The molecule has 7 heteroatoms. The minimum atomic E-state index is -4.46. The van der Waals surface area contributed by atoms with Crippen LogP contribution in [-0.2, 0) is 6.18 Å². The van der Waals surface area contributed by atoms with Gasteiger partial charge >= 0.3 is 6.18 Å². The fourth-order valence-corrected chi connectivity index (χ4v) is 3.67. The van der Waals surface area contributed by atoms with Crippen LogP contribution in [0, 0.1) is 5.82 Å². The molecule has 1 nitrogen and oxygen atoms in total. The summed E-state index contributed by atoms with van der Waals surface area (Å²) in [5.74, 6) is -0.454. The molecule has 0 saturated carbocycles. The lowest BCUT2D eigenvalue weighted by molar-refractivity contribution is -0.137. The van der Waals surface area contributed by atoms with Crippen LogP contribution in [-0.4, -0.2) is 4.98 Å². The summed E-state index contributed by atoms with van der Waals surface area (Å²) in [6.45, 7) is 0. The van der Waals surface area contributed by atoms with E-state index in [-0.39, 0.29) is 15.6 Å². The van der Waals surface area contributed by atoms with E-state index in [1.807, 2.05) is 0 Å². The maximum absolute atomic E-state index is 14.2. The zero-order valence-electron chi connectivity index (χ0n) is 14.0. The second-order valence-corrected chi connectivity index (χ2v) is 7.09. The van der Waals surface area contributed by atoms with Crippen molar-refractivity contribution in [3.8, 4) is 22.4 Å². The zero-order chi connectivity index (χ0) is 20.1. The monoisotopic (exact) mass is 423 g/mol. The molecule has 4 aromatic rings. The Balaban J connectivity index is 1.79. The van der Waals surface area contributed by atoms with Crippen molar-refractivity contribution in [1.29, 1.82) is 0 Å². The number of aromatic amines is 1. The predicted octanol–water partition coefficient (Wildman–Crippen LogP) is 7.97. The van der Waals surface area contributed by atoms with E-state index in [4.69, 9.17) is 23.2 Å². The third-order valence-electron chi connectivity index (χ3n) is 4.46. The number of alkyl halides is 3. The lowest BCUT2D eigenvalue weighted by Crippen LogP contribution is -2.04. The second kappa shape index (κ2) is 6.83. The van der Waals surface area contributed by atoms with Gasteiger partial charge in [0, 0.05) is 21.5 Å². The number of aromatic nitrogens is 1. The quantitative estimate of drug-likeness (QED) is 0.314. The van der Waals surface area contributed by atoms with Crippen LogP contribution in [0.25, 0.3) is 33.3 Å². The Hall–Kier alpha value is -2.50. The molecule has 0 atom stereocenters. The van der Waals surface area contributed by atoms with E-state index in [9.17, 15) is 17.6 Å². The molecule has 0 amide bonds. The van der Waals surface area contributed by atoms with E-state index >= 15 is 0 Å². The summed E-state index contributed by atoms with van der Waals surface area (Å²) in [6.07, 6.45) is -4.46. The van der Waals surface area contributed by atoms with Crippen molar-refractivity contribution in [2.45, 2.75) is 6.18 Å². The number of H-pyrrole nitrogens is 1. The van der Waals surface area contributed by atoms with E-state index in [1.54, 1.807) is 30.3 Å². The van der Waals surface area contributed by atoms with Crippen LogP contribution in [0.4, 0.5) is 17.6 Å². The molecule has 0 spiro atoms. The number of fused-ring (bicyclic) bond motifs is 1. The molecular formula is C21H11Cl2F4N. The van der Waals surface area contributed by atoms with Gasteiger partial charge in [0.25, 0.3) is 0 Å². The molecule has 1 heterocycles. The number of rotatable bonds is 2. The van der Waals surface area contributed by atoms with E-state index in [1.165, 1.54) is 18.2 Å². The van der Waals surface area contributed by atoms with Gasteiger partial charge in [0.05, 0.1) is 21.8 Å². The molecule has 0 fully saturated rings. The zero-order valence-corrected chi connectivity index (χ0v) is 15.6. The maximum Gasteiger partial charge on any atom is 0.416 e. The van der Waals surface area contributed by atoms with Gasteiger partial charge in [0.2, 0.25) is 0 Å². The number of benzene rings is 3. The number of nitrogens with one attached hydrogen (secondary N) is 1. The Morgan fingerprint density at radius 2 is 1.61 bits per heavy atom. The average Bonchev–Trinajstić information content (AvgIpc) is 3.03. The van der Waals surface area contributed by atoms with Gasteiger partial charge in [-0.05, 0) is 48.0 Å². The Bertz CT molecular complexity index is 1170. The summed E-state index contributed by atoms with van der Waals surface area (Å²) in [4.78, 5) is 3.11. The molecular weight excluding hydrogens is 413 g/mol. The van der Waals surface area contributed by atoms with Gasteiger partial charge in [-0.1, -0.05) is 41.4 Å². The molecule has 0 unspecified atom stereocenters. The van der Waals surface area contributed by atoms with Crippen LogP contribution in [0.3, 0.4) is 0 Å². The fourth-order valence-electron chi connectivity index (χ4n) is 3.12. The van der Waals surface area contributed by atoms with Gasteiger partial charge in [0.15, 0.2) is 0 Å². The summed E-state index contributed by atoms with van der Waals surface area (Å²) >= 11 is 12.2. The average molecular weight is 424 g/mol. The van der Waals surface area contributed by atoms with Crippen LogP contribution in [0.15, 0.2) is 60.7 Å². The first-order chi connectivity index (χ1) is 13.2. The third-order valence-corrected chi connectivity index (χ3v) is 5.09. The lowest BCUT2D eigenvalue weighted by Gasteiger charge is -2.10. The Morgan fingerprint density at radius 3 is 2.29 bits per heavy atom. The van der Waals surface area contributed by atoms with Gasteiger partial charge in [-0.2, -0.15) is 13.2 Å². The summed E-state index contributed by atoms with van der Waals surface area (Å²) in [6, 6.07) is 14.7. The minimum Gasteiger partial charge on any atom is -0.354 e. The third kappa shape index (κ3) is 3.36. The molecule has 0 aliphatic rings. The van der Waals surface area contributed by atoms with Crippen molar-refractivity contribution in [3.63, 3.8) is 0 Å². The number of halogens is 6. The largest absolute Gasteiger partial charge is 0.416 e. The number of hydrogen-bond acceptors (Lipinski definition) is 0. The summed E-state index contributed by atoms with van der Waals surface area (Å²) in [5.41, 5.74) is 1.82. The van der Waals surface area contributed by atoms with Gasteiger partial charge < -0.3 is 4.98 Å². The second-order valence-electron chi connectivity index (χ2n) is 6.27. The molecule has 0 aliphatic heterocycles. The van der Waals surface area contributed by atoms with Crippen molar-refractivity contribution < 1.29 is 17.6 Å². The van der Waals surface area contributed by atoms with E-state index in [2.05, 4.69) is 4.98 Å². The number of hydrogen-bond donors (Lipinski definition) is 1. The molecule has 3 aromatic carbocycles. The summed E-state index contributed by atoms with van der Waals surface area (Å²) < 4.78 is 52.7. The van der Waals surface area contributed by atoms with Crippen molar-refractivity contribution in [2.24, 2.45) is 0 Å². The van der Waals surface area contributed by atoms with Gasteiger partial charge in [-0.25, -0.2) is 4.39 Å². The molecule has 1 aromatic heterocycles. The van der Waals surface area contributed by atoms with Gasteiger partial charge in [0.1, 0.15) is 5.82 Å². The van der Waals surface area contributed by atoms with Crippen molar-refractivity contribution in [1.82, 2.24) is 4.98 Å². The molecule has 0 aliphatic carbocycles. The Kier molecular flexibility index (Phi) is 4.60. The van der Waals surface area contributed by atoms with E-state index in [0.29, 0.717) is 16.8 Å². The highest BCUT2D eigenvalue weighted by molar-refractivity contribution is 6.33. The Labute approximate surface area is 167 Å². The van der Waals surface area contributed by atoms with Gasteiger partial charge in [-0.3, -0.25) is 0 Å². The Morgan fingerprint density at radius 1 is 0.821 bits per heavy atom. The first kappa shape index (κ1) is 18.8. The maximum atomic E-state index is 14.2. The highest BCUT2D eigenvalue weighted by atomic mass is 35.5. The van der Waals surface area contributed by atoms with Gasteiger partial charge in [-0.15, -0.1) is 0 Å². The fraction of sp³-hybridized carbons (Fsp3) is 0.0476. The molecule has 28 heavy (non-hydrogen) atoms. The first-order valence-corrected chi connectivity index (χ1v) is 8.94. The molecule has 0 bridgehead atoms. The SMILES string of the molecule is Fc1cccc(Cl)c1-c1cc2cc(-c3ccc(C(F)(F)F)cc3Cl)ccc2[nH]1. The predicted molar refractivity (Wildman–Crippen MR) is 104 cm³/mol. The summed E-state index contributed by atoms with van der Waals surface area (Å²) in [5, 5.41) is 1.03. The molecule has 1 N–H and O–H groups in total. The topological polar surface area (TPSA) is 15.8 Å². The highest BCUT2D eigenvalue weighted by Gasteiger charge is 2.31. The van der Waals surface area contributed by atoms with Crippen LogP contribution < -0.4 is 0 Å². The lowest BCUT2D eigenvalue weighted by atomic mass is 10.0. The highest BCUT2D eigenvalue weighted by Crippen LogP contribution is 2.37. The van der Waals surface area contributed by atoms with Crippen molar-refractivity contribution >= 4 is 34.1 Å². The summed E-state index contributed by atoms with van der Waals surface area (Å²) in [7, 11) is 0. The van der Waals surface area contributed by atoms with Crippen LogP contribution in [0.1, 0.15) is 5.56 Å². The van der Waals surface area contributed by atoms with E-state index in [0.717, 1.165) is 23.0 Å². The molecule has 4 rings (SSSR count). The van der Waals surface area contributed by atoms with Crippen LogP contribution in [0.2, 0.25) is 10.0 Å². The van der Waals surface area contributed by atoms with Crippen molar-refractivity contribution in [3.05, 3.63) is 82.1 Å². The molecule has 0 radical (unpaired) electrons. The molecule has 142 valence electrons. The van der Waals surface area contributed by atoms with Crippen LogP contribution >= 0.6 is 23.2 Å². The first-order valence-electron chi connectivity index (χ1n) is 8.18. The normalized spacial score (nSPS) is 11.9. The minimum absolute atomic E-state index is 0.00193. The molecule has 0 saturated heterocycles. The van der Waals surface area contributed by atoms with Crippen LogP contribution in [0.5, 0.6) is 0 Å². The van der Waals surface area contributed by atoms with Crippen molar-refractivity contribution in [2.75, 3.05) is 0 Å². The smallest absolute Gasteiger partial charge is 0.354 e. The standard InChI is InChI=1S/C21H11Cl2F4N/c22-15-2-1-3-17(24)20(15)19-9-12-8-11(4-7-18(12)28-19)14-6-5-13(10-16(14)23)21(25,26)27/h1-10,28H. The van der Waals surface area contributed by atoms with E-state index < -0.39 is 17.6 Å².